The number of allylic oxidation sites excluding steroid dienone is 1. The van der Waals surface area contributed by atoms with Crippen molar-refractivity contribution in [3.63, 3.8) is 0 Å². The predicted octanol–water partition coefficient (Wildman–Crippen LogP) is 4.26. The quantitative estimate of drug-likeness (QED) is 0.534. The number of fused-ring (bicyclic) bond motifs is 2. The van der Waals surface area contributed by atoms with Crippen LogP contribution in [-0.4, -0.2) is 25.7 Å². The Hall–Kier alpha value is -3.80. The van der Waals surface area contributed by atoms with Crippen molar-refractivity contribution in [2.24, 2.45) is 0 Å². The van der Waals surface area contributed by atoms with Gasteiger partial charge in [-0.05, 0) is 48.6 Å². The maximum atomic E-state index is 13.4. The Morgan fingerprint density at radius 1 is 1.10 bits per heavy atom. The molecule has 0 atom stereocenters. The van der Waals surface area contributed by atoms with Gasteiger partial charge in [-0.1, -0.05) is 48.5 Å². The van der Waals surface area contributed by atoms with E-state index in [1.807, 2.05) is 54.0 Å². The molecule has 0 radical (unpaired) electrons. The van der Waals surface area contributed by atoms with Gasteiger partial charge in [-0.3, -0.25) is 4.79 Å². The molecule has 6 nitrogen and oxygen atoms in total. The summed E-state index contributed by atoms with van der Waals surface area (Å²) in [5, 5.41) is 12.0. The molecule has 2 heterocycles. The number of carbonyl (C=O) groups is 1. The van der Waals surface area contributed by atoms with Crippen molar-refractivity contribution in [1.29, 1.82) is 0 Å². The molecule has 0 spiro atoms. The molecule has 1 aliphatic carbocycles. The Balaban J connectivity index is 1.55. The first-order valence-electron chi connectivity index (χ1n) is 10.6. The van der Waals surface area contributed by atoms with Crippen LogP contribution in [0.15, 0.2) is 60.9 Å². The SMILES string of the molecule is CCn1cnnc1CNC(=O)c1c2c(nc3ccccc13)/C(=C\c1ccccc1)CC2. The van der Waals surface area contributed by atoms with Crippen molar-refractivity contribution >= 4 is 28.5 Å². The van der Waals surface area contributed by atoms with Gasteiger partial charge in [0.25, 0.3) is 5.91 Å². The highest BCUT2D eigenvalue weighted by Gasteiger charge is 2.26. The third kappa shape index (κ3) is 3.61. The van der Waals surface area contributed by atoms with Gasteiger partial charge in [-0.2, -0.15) is 0 Å². The lowest BCUT2D eigenvalue weighted by molar-refractivity contribution is 0.0950. The van der Waals surface area contributed by atoms with Crippen LogP contribution in [0, 0.1) is 0 Å². The number of para-hydroxylation sites is 1. The van der Waals surface area contributed by atoms with Crippen LogP contribution in [-0.2, 0) is 19.5 Å². The summed E-state index contributed by atoms with van der Waals surface area (Å²) < 4.78 is 1.93. The third-order valence-corrected chi connectivity index (χ3v) is 5.75. The second-order valence-corrected chi connectivity index (χ2v) is 7.63. The molecule has 2 aromatic carbocycles. The second kappa shape index (κ2) is 8.14. The predicted molar refractivity (Wildman–Crippen MR) is 121 cm³/mol. The summed E-state index contributed by atoms with van der Waals surface area (Å²) in [5.74, 6) is 0.650. The Bertz CT molecular complexity index is 1290. The number of nitrogens with zero attached hydrogens (tertiary/aromatic N) is 4. The van der Waals surface area contributed by atoms with Crippen LogP contribution in [0.5, 0.6) is 0 Å². The van der Waals surface area contributed by atoms with Crippen LogP contribution in [0.25, 0.3) is 22.6 Å². The Morgan fingerprint density at radius 2 is 1.90 bits per heavy atom. The Kier molecular flexibility index (Phi) is 5.04. The molecule has 1 N–H and O–H groups in total. The van der Waals surface area contributed by atoms with Gasteiger partial charge in [0.15, 0.2) is 5.82 Å². The van der Waals surface area contributed by atoms with Gasteiger partial charge >= 0.3 is 0 Å². The monoisotopic (exact) mass is 409 g/mol. The van der Waals surface area contributed by atoms with E-state index in [-0.39, 0.29) is 5.91 Å². The number of hydrogen-bond acceptors (Lipinski definition) is 4. The van der Waals surface area contributed by atoms with E-state index in [9.17, 15) is 4.79 Å². The van der Waals surface area contributed by atoms with Gasteiger partial charge in [0.05, 0.1) is 23.3 Å². The molecule has 0 saturated carbocycles. The number of nitrogens with one attached hydrogen (secondary N) is 1. The number of aromatic nitrogens is 4. The molecular formula is C25H23N5O. The number of pyridine rings is 1. The fourth-order valence-electron chi connectivity index (χ4n) is 4.22. The number of amides is 1. The molecule has 0 aliphatic heterocycles. The number of rotatable bonds is 5. The van der Waals surface area contributed by atoms with E-state index in [0.717, 1.165) is 58.5 Å². The van der Waals surface area contributed by atoms with Crippen molar-refractivity contribution in [2.75, 3.05) is 0 Å². The zero-order chi connectivity index (χ0) is 21.2. The summed E-state index contributed by atoms with van der Waals surface area (Å²) in [6, 6.07) is 18.1. The Morgan fingerprint density at radius 3 is 2.74 bits per heavy atom. The molecular weight excluding hydrogens is 386 g/mol. The van der Waals surface area contributed by atoms with E-state index < -0.39 is 0 Å². The van der Waals surface area contributed by atoms with Crippen molar-refractivity contribution in [3.05, 3.63) is 89.1 Å². The van der Waals surface area contributed by atoms with Gasteiger partial charge < -0.3 is 9.88 Å². The molecule has 6 heteroatoms. The standard InChI is InChI=1S/C25H23N5O/c1-2-30-16-27-29-22(30)15-26-25(31)23-19-10-6-7-11-21(19)28-24-18(12-13-20(23)24)14-17-8-4-3-5-9-17/h3-11,14,16H,2,12-13,15H2,1H3,(H,26,31)/b18-14-. The fourth-order valence-corrected chi connectivity index (χ4v) is 4.22. The molecule has 1 aliphatic rings. The van der Waals surface area contributed by atoms with Crippen molar-refractivity contribution in [2.45, 2.75) is 32.9 Å². The minimum atomic E-state index is -0.0959. The summed E-state index contributed by atoms with van der Waals surface area (Å²) in [4.78, 5) is 18.3. The number of benzene rings is 2. The highest BCUT2D eigenvalue weighted by atomic mass is 16.1. The summed E-state index contributed by atoms with van der Waals surface area (Å²) in [5.41, 5.74) is 5.83. The van der Waals surface area contributed by atoms with Crippen LogP contribution in [0.2, 0.25) is 0 Å². The molecule has 0 bridgehead atoms. The summed E-state index contributed by atoms with van der Waals surface area (Å²) >= 11 is 0. The summed E-state index contributed by atoms with van der Waals surface area (Å²) in [7, 11) is 0. The lowest BCUT2D eigenvalue weighted by atomic mass is 10.00. The first-order chi connectivity index (χ1) is 15.2. The van der Waals surface area contributed by atoms with Gasteiger partial charge in [-0.25, -0.2) is 4.98 Å². The van der Waals surface area contributed by atoms with E-state index in [1.165, 1.54) is 5.57 Å². The lowest BCUT2D eigenvalue weighted by Crippen LogP contribution is -2.26. The van der Waals surface area contributed by atoms with Crippen LogP contribution in [0.4, 0.5) is 0 Å². The molecule has 1 amide bonds. The number of aryl methyl sites for hydroxylation is 1. The first kappa shape index (κ1) is 19.2. The molecule has 31 heavy (non-hydrogen) atoms. The van der Waals surface area contributed by atoms with Crippen molar-refractivity contribution < 1.29 is 4.79 Å². The second-order valence-electron chi connectivity index (χ2n) is 7.63. The van der Waals surface area contributed by atoms with E-state index in [4.69, 9.17) is 4.98 Å². The van der Waals surface area contributed by atoms with E-state index in [2.05, 4.69) is 33.7 Å². The molecule has 0 saturated heterocycles. The maximum absolute atomic E-state index is 13.4. The van der Waals surface area contributed by atoms with Gasteiger partial charge in [0.2, 0.25) is 0 Å². The molecule has 0 fully saturated rings. The molecule has 0 unspecified atom stereocenters. The van der Waals surface area contributed by atoms with Gasteiger partial charge in [0, 0.05) is 11.9 Å². The smallest absolute Gasteiger partial charge is 0.252 e. The van der Waals surface area contributed by atoms with Gasteiger partial charge in [0.1, 0.15) is 6.33 Å². The summed E-state index contributed by atoms with van der Waals surface area (Å²) in [6.45, 7) is 3.13. The third-order valence-electron chi connectivity index (χ3n) is 5.75. The van der Waals surface area contributed by atoms with E-state index in [0.29, 0.717) is 6.54 Å². The zero-order valence-electron chi connectivity index (χ0n) is 17.4. The van der Waals surface area contributed by atoms with Crippen LogP contribution < -0.4 is 5.32 Å². The number of hydrogen-bond donors (Lipinski definition) is 1. The molecule has 2 aromatic heterocycles. The minimum absolute atomic E-state index is 0.0959. The van der Waals surface area contributed by atoms with Crippen molar-refractivity contribution in [1.82, 2.24) is 25.1 Å². The van der Waals surface area contributed by atoms with Crippen LogP contribution >= 0.6 is 0 Å². The first-order valence-corrected chi connectivity index (χ1v) is 10.6. The maximum Gasteiger partial charge on any atom is 0.252 e. The van der Waals surface area contributed by atoms with Crippen LogP contribution in [0.1, 0.15) is 46.3 Å². The average Bonchev–Trinajstić information content (AvgIpc) is 3.43. The fraction of sp³-hybridized carbons (Fsp3) is 0.200. The summed E-state index contributed by atoms with van der Waals surface area (Å²) in [6.07, 6.45) is 5.54. The largest absolute Gasteiger partial charge is 0.345 e. The highest BCUT2D eigenvalue weighted by Crippen LogP contribution is 2.37. The van der Waals surface area contributed by atoms with E-state index in [1.54, 1.807) is 6.33 Å². The lowest BCUT2D eigenvalue weighted by Gasteiger charge is -2.13. The molecule has 154 valence electrons. The highest BCUT2D eigenvalue weighted by molar-refractivity contribution is 6.09. The molecule has 5 rings (SSSR count). The van der Waals surface area contributed by atoms with Gasteiger partial charge in [-0.15, -0.1) is 10.2 Å². The van der Waals surface area contributed by atoms with E-state index >= 15 is 0 Å². The van der Waals surface area contributed by atoms with Crippen LogP contribution in [0.3, 0.4) is 0 Å². The minimum Gasteiger partial charge on any atom is -0.345 e. The topological polar surface area (TPSA) is 72.7 Å². The average molecular weight is 409 g/mol. The molecule has 4 aromatic rings. The Labute approximate surface area is 180 Å². The van der Waals surface area contributed by atoms with Crippen molar-refractivity contribution in [3.8, 4) is 0 Å². The number of carbonyl (C=O) groups excluding carboxylic acids is 1. The zero-order valence-corrected chi connectivity index (χ0v) is 17.4. The normalized spacial score (nSPS) is 14.2.